The van der Waals surface area contributed by atoms with Crippen LogP contribution in [0, 0.1) is 5.82 Å². The number of hydrogen-bond acceptors (Lipinski definition) is 5. The highest BCUT2D eigenvalue weighted by atomic mass is 32.2. The number of rotatable bonds is 4. The number of methoxy groups -OCH3 is 1. The number of hydrogen-bond donors (Lipinski definition) is 0. The van der Waals surface area contributed by atoms with Crippen LogP contribution < -0.4 is 0 Å². The minimum absolute atomic E-state index is 0.151. The molecule has 0 N–H and O–H groups in total. The van der Waals surface area contributed by atoms with Crippen molar-refractivity contribution in [1.82, 2.24) is 0 Å². The summed E-state index contributed by atoms with van der Waals surface area (Å²) >= 11 is 0. The number of halogens is 1. The summed E-state index contributed by atoms with van der Waals surface area (Å²) in [6.45, 7) is 1.58. The molecule has 0 aromatic heterocycles. The van der Waals surface area contributed by atoms with E-state index in [4.69, 9.17) is 9.47 Å². The van der Waals surface area contributed by atoms with Gasteiger partial charge in [0.15, 0.2) is 9.84 Å². The summed E-state index contributed by atoms with van der Waals surface area (Å²) in [5.74, 6) is -2.49. The molecule has 0 spiro atoms. The predicted octanol–water partition coefficient (Wildman–Crippen LogP) is 3.06. The summed E-state index contributed by atoms with van der Waals surface area (Å²) in [4.78, 5) is 12.6. The van der Waals surface area contributed by atoms with Gasteiger partial charge in [-0.2, -0.15) is 0 Å². The molecule has 26 heavy (non-hydrogen) atoms. The zero-order chi connectivity index (χ0) is 19.1. The first-order valence-electron chi connectivity index (χ1n) is 7.75. The molecule has 0 radical (unpaired) electrons. The summed E-state index contributed by atoms with van der Waals surface area (Å²) in [5.41, 5.74) is 1.50. The quantitative estimate of drug-likeness (QED) is 0.767. The van der Waals surface area contributed by atoms with Gasteiger partial charge in [0, 0.05) is 25.9 Å². The third kappa shape index (κ3) is 3.15. The van der Waals surface area contributed by atoms with Crippen molar-refractivity contribution in [1.29, 1.82) is 0 Å². The summed E-state index contributed by atoms with van der Waals surface area (Å²) in [5, 5.41) is 0. The summed E-state index contributed by atoms with van der Waals surface area (Å²) in [6, 6.07) is 11.7. The van der Waals surface area contributed by atoms with Gasteiger partial charge in [-0.05, 0) is 35.4 Å². The Labute approximate surface area is 151 Å². The first-order valence-corrected chi connectivity index (χ1v) is 9.64. The van der Waals surface area contributed by atoms with Crippen molar-refractivity contribution < 1.29 is 27.1 Å². The SMILES string of the molecule is COC1(C)OC(=O)C(c2cccc(F)c2)=C1c1ccc(S(C)(=O)=O)cc1. The van der Waals surface area contributed by atoms with Gasteiger partial charge in [0.25, 0.3) is 0 Å². The Balaban J connectivity index is 2.25. The van der Waals surface area contributed by atoms with Crippen LogP contribution in [-0.2, 0) is 24.1 Å². The highest BCUT2D eigenvalue weighted by Crippen LogP contribution is 2.44. The Morgan fingerprint density at radius 1 is 1.08 bits per heavy atom. The van der Waals surface area contributed by atoms with Gasteiger partial charge in [-0.1, -0.05) is 24.3 Å². The Hall–Kier alpha value is -2.51. The van der Waals surface area contributed by atoms with E-state index in [0.717, 1.165) is 6.26 Å². The lowest BCUT2D eigenvalue weighted by molar-refractivity contribution is -0.178. The summed E-state index contributed by atoms with van der Waals surface area (Å²) in [6.07, 6.45) is 1.11. The third-order valence-corrected chi connectivity index (χ3v) is 5.40. The first-order chi connectivity index (χ1) is 12.2. The molecule has 0 saturated carbocycles. The van der Waals surface area contributed by atoms with E-state index >= 15 is 0 Å². The van der Waals surface area contributed by atoms with E-state index in [2.05, 4.69) is 0 Å². The van der Waals surface area contributed by atoms with Crippen molar-refractivity contribution in [2.24, 2.45) is 0 Å². The largest absolute Gasteiger partial charge is 0.425 e. The molecule has 5 nitrogen and oxygen atoms in total. The first kappa shape index (κ1) is 18.3. The number of carbonyl (C=O) groups excluding carboxylic acids is 1. The Kier molecular flexibility index (Phi) is 4.46. The molecule has 0 bridgehead atoms. The number of sulfone groups is 1. The maximum Gasteiger partial charge on any atom is 0.342 e. The van der Waals surface area contributed by atoms with Crippen molar-refractivity contribution in [3.8, 4) is 0 Å². The highest BCUT2D eigenvalue weighted by Gasteiger charge is 2.45. The van der Waals surface area contributed by atoms with Crippen LogP contribution >= 0.6 is 0 Å². The van der Waals surface area contributed by atoms with Crippen LogP contribution in [0.4, 0.5) is 4.39 Å². The van der Waals surface area contributed by atoms with Crippen LogP contribution in [0.15, 0.2) is 53.4 Å². The van der Waals surface area contributed by atoms with Gasteiger partial charge >= 0.3 is 5.97 Å². The number of esters is 1. The standard InChI is InChI=1S/C19H17FO5S/c1-19(24-2)17(12-7-9-15(10-8-12)26(3,22)23)16(18(21)25-19)13-5-4-6-14(20)11-13/h4-11H,1-3H3. The zero-order valence-corrected chi connectivity index (χ0v) is 15.3. The predicted molar refractivity (Wildman–Crippen MR) is 94.3 cm³/mol. The van der Waals surface area contributed by atoms with Gasteiger partial charge in [0.05, 0.1) is 10.5 Å². The lowest BCUT2D eigenvalue weighted by Gasteiger charge is -2.25. The molecule has 3 rings (SSSR count). The molecule has 2 aromatic carbocycles. The summed E-state index contributed by atoms with van der Waals surface area (Å²) in [7, 11) is -1.96. The third-order valence-electron chi connectivity index (χ3n) is 4.27. The van der Waals surface area contributed by atoms with E-state index in [1.165, 1.54) is 37.4 Å². The topological polar surface area (TPSA) is 69.7 Å². The minimum Gasteiger partial charge on any atom is -0.425 e. The van der Waals surface area contributed by atoms with Crippen LogP contribution in [0.3, 0.4) is 0 Å². The smallest absolute Gasteiger partial charge is 0.342 e. The second-order valence-electron chi connectivity index (χ2n) is 6.10. The Morgan fingerprint density at radius 3 is 2.27 bits per heavy atom. The normalized spacial score (nSPS) is 20.4. The van der Waals surface area contributed by atoms with Gasteiger partial charge in [-0.3, -0.25) is 0 Å². The Bertz CT molecular complexity index is 1010. The van der Waals surface area contributed by atoms with Gasteiger partial charge in [-0.25, -0.2) is 17.6 Å². The maximum atomic E-state index is 13.7. The van der Waals surface area contributed by atoms with E-state index in [1.807, 2.05) is 0 Å². The zero-order valence-electron chi connectivity index (χ0n) is 14.4. The average Bonchev–Trinajstić information content (AvgIpc) is 2.85. The van der Waals surface area contributed by atoms with E-state index in [-0.39, 0.29) is 10.5 Å². The van der Waals surface area contributed by atoms with Gasteiger partial charge in [0.2, 0.25) is 5.79 Å². The molecule has 0 aliphatic carbocycles. The lowest BCUT2D eigenvalue weighted by Crippen LogP contribution is -2.29. The van der Waals surface area contributed by atoms with Crippen LogP contribution in [0.1, 0.15) is 18.1 Å². The van der Waals surface area contributed by atoms with E-state index in [1.54, 1.807) is 25.1 Å². The number of cyclic esters (lactones) is 1. The molecular formula is C19H17FO5S. The molecule has 0 saturated heterocycles. The molecule has 1 unspecified atom stereocenters. The van der Waals surface area contributed by atoms with Crippen LogP contribution in [0.25, 0.3) is 11.1 Å². The van der Waals surface area contributed by atoms with Crippen molar-refractivity contribution >= 4 is 27.0 Å². The number of carbonyl (C=O) groups is 1. The van der Waals surface area contributed by atoms with Crippen LogP contribution in [-0.4, -0.2) is 33.5 Å². The van der Waals surface area contributed by atoms with E-state index in [9.17, 15) is 17.6 Å². The summed E-state index contributed by atoms with van der Waals surface area (Å²) < 4.78 is 47.8. The second-order valence-corrected chi connectivity index (χ2v) is 8.11. The minimum atomic E-state index is -3.35. The van der Waals surface area contributed by atoms with Crippen molar-refractivity contribution in [2.45, 2.75) is 17.6 Å². The van der Waals surface area contributed by atoms with Crippen molar-refractivity contribution in [3.05, 3.63) is 65.5 Å². The average molecular weight is 376 g/mol. The molecular weight excluding hydrogens is 359 g/mol. The monoisotopic (exact) mass is 376 g/mol. The molecule has 7 heteroatoms. The molecule has 0 amide bonds. The molecule has 136 valence electrons. The lowest BCUT2D eigenvalue weighted by atomic mass is 9.91. The fourth-order valence-corrected chi connectivity index (χ4v) is 3.56. The molecule has 1 heterocycles. The Morgan fingerprint density at radius 2 is 1.73 bits per heavy atom. The molecule has 0 fully saturated rings. The molecule has 1 aliphatic heterocycles. The van der Waals surface area contributed by atoms with Crippen LogP contribution in [0.5, 0.6) is 0 Å². The fourth-order valence-electron chi connectivity index (χ4n) is 2.93. The number of ether oxygens (including phenoxy) is 2. The van der Waals surface area contributed by atoms with E-state index < -0.39 is 27.4 Å². The van der Waals surface area contributed by atoms with Crippen molar-refractivity contribution in [3.63, 3.8) is 0 Å². The van der Waals surface area contributed by atoms with Crippen molar-refractivity contribution in [2.75, 3.05) is 13.4 Å². The molecule has 1 atom stereocenters. The van der Waals surface area contributed by atoms with E-state index in [0.29, 0.717) is 16.7 Å². The van der Waals surface area contributed by atoms with Gasteiger partial charge in [-0.15, -0.1) is 0 Å². The van der Waals surface area contributed by atoms with Gasteiger partial charge < -0.3 is 9.47 Å². The van der Waals surface area contributed by atoms with Crippen LogP contribution in [0.2, 0.25) is 0 Å². The fraction of sp³-hybridized carbons (Fsp3) is 0.211. The maximum absolute atomic E-state index is 13.7. The second kappa shape index (κ2) is 6.34. The number of benzene rings is 2. The molecule has 2 aromatic rings. The molecule has 1 aliphatic rings. The van der Waals surface area contributed by atoms with Gasteiger partial charge in [0.1, 0.15) is 5.82 Å². The highest BCUT2D eigenvalue weighted by molar-refractivity contribution is 7.90.